The maximum Gasteiger partial charge on any atom is 0.207 e. The lowest BCUT2D eigenvalue weighted by atomic mass is 9.91. The summed E-state index contributed by atoms with van der Waals surface area (Å²) in [5.41, 5.74) is 5.54. The summed E-state index contributed by atoms with van der Waals surface area (Å²) in [4.78, 5) is 10.3. The fourth-order valence-electron chi connectivity index (χ4n) is 1.06. The molecule has 0 radical (unpaired) electrons. The average molecular weight is 351 g/mol. The Morgan fingerprint density at radius 3 is 1.96 bits per heavy atom. The van der Waals surface area contributed by atoms with Crippen molar-refractivity contribution >= 4 is 19.0 Å². The summed E-state index contributed by atoms with van der Waals surface area (Å²) in [7, 11) is 0. The van der Waals surface area contributed by atoms with Crippen molar-refractivity contribution in [3.05, 3.63) is 0 Å². The second kappa shape index (κ2) is 13.0. The molecular formula is C17H38N2O3S. The van der Waals surface area contributed by atoms with Crippen LogP contribution >= 0.6 is 12.6 Å². The van der Waals surface area contributed by atoms with E-state index in [1.54, 1.807) is 0 Å². The van der Waals surface area contributed by atoms with E-state index in [4.69, 9.17) is 15.2 Å². The molecular weight excluding hydrogens is 312 g/mol. The van der Waals surface area contributed by atoms with Gasteiger partial charge in [0.1, 0.15) is 0 Å². The highest BCUT2D eigenvalue weighted by molar-refractivity contribution is 7.81. The van der Waals surface area contributed by atoms with E-state index in [1.807, 2.05) is 27.7 Å². The molecule has 0 rings (SSSR count). The molecule has 140 valence electrons. The van der Waals surface area contributed by atoms with Crippen molar-refractivity contribution in [2.45, 2.75) is 71.2 Å². The predicted molar refractivity (Wildman–Crippen MR) is 101 cm³/mol. The molecule has 0 aliphatic heterocycles. The molecule has 23 heavy (non-hydrogen) atoms. The topological polar surface area (TPSA) is 73.6 Å². The van der Waals surface area contributed by atoms with E-state index >= 15 is 0 Å². The van der Waals surface area contributed by atoms with Crippen LogP contribution in [0.4, 0.5) is 0 Å². The minimum absolute atomic E-state index is 0.0344. The maximum absolute atomic E-state index is 10.3. The van der Waals surface area contributed by atoms with Gasteiger partial charge in [0.05, 0.1) is 19.3 Å². The van der Waals surface area contributed by atoms with Gasteiger partial charge in [0.2, 0.25) is 6.41 Å². The van der Waals surface area contributed by atoms with Gasteiger partial charge in [0, 0.05) is 23.5 Å². The van der Waals surface area contributed by atoms with Crippen LogP contribution in [0.2, 0.25) is 0 Å². The van der Waals surface area contributed by atoms with Crippen molar-refractivity contribution in [3.8, 4) is 0 Å². The van der Waals surface area contributed by atoms with Crippen LogP contribution in [0.5, 0.6) is 0 Å². The van der Waals surface area contributed by atoms with Gasteiger partial charge in [-0.1, -0.05) is 20.8 Å². The molecule has 0 saturated heterocycles. The number of hydrogen-bond donors (Lipinski definition) is 3. The van der Waals surface area contributed by atoms with E-state index in [2.05, 4.69) is 38.7 Å². The minimum atomic E-state index is -0.198. The fourth-order valence-corrected chi connectivity index (χ4v) is 1.06. The number of hydrogen-bond acceptors (Lipinski definition) is 5. The lowest BCUT2D eigenvalue weighted by molar-refractivity contribution is -0.111. The highest BCUT2D eigenvalue weighted by Crippen LogP contribution is 2.24. The Bertz CT molecular complexity index is 275. The molecule has 1 amide bonds. The molecule has 0 aromatic heterocycles. The minimum Gasteiger partial charge on any atom is -0.379 e. The number of carbonyl (C=O) groups is 1. The fraction of sp³-hybridized carbons (Fsp3) is 0.941. The van der Waals surface area contributed by atoms with Gasteiger partial charge in [0.15, 0.2) is 0 Å². The van der Waals surface area contributed by atoms with E-state index in [0.717, 1.165) is 13.0 Å². The monoisotopic (exact) mass is 350 g/mol. The third-order valence-electron chi connectivity index (χ3n) is 3.32. The smallest absolute Gasteiger partial charge is 0.207 e. The van der Waals surface area contributed by atoms with Crippen LogP contribution in [0.25, 0.3) is 0 Å². The van der Waals surface area contributed by atoms with Crippen molar-refractivity contribution in [2.75, 3.05) is 26.4 Å². The predicted octanol–water partition coefficient (Wildman–Crippen LogP) is 2.63. The van der Waals surface area contributed by atoms with Crippen molar-refractivity contribution in [1.29, 1.82) is 0 Å². The summed E-state index contributed by atoms with van der Waals surface area (Å²) in [5.74, 6) is 0.512. The van der Waals surface area contributed by atoms with E-state index in [0.29, 0.717) is 32.1 Å². The molecule has 0 saturated carbocycles. The Hall–Kier alpha value is -0.300. The van der Waals surface area contributed by atoms with E-state index < -0.39 is 0 Å². The molecule has 0 heterocycles. The summed E-state index contributed by atoms with van der Waals surface area (Å²) >= 11 is 4.31. The van der Waals surface area contributed by atoms with Crippen LogP contribution in [-0.2, 0) is 14.3 Å². The molecule has 0 aromatic rings. The van der Waals surface area contributed by atoms with Gasteiger partial charge in [-0.15, -0.1) is 0 Å². The highest BCUT2D eigenvalue weighted by atomic mass is 32.1. The number of rotatable bonds is 11. The zero-order valence-electron chi connectivity index (χ0n) is 16.0. The molecule has 6 heteroatoms. The normalized spacial score (nSPS) is 13.3. The lowest BCUT2D eigenvalue weighted by Gasteiger charge is -2.33. The summed E-state index contributed by atoms with van der Waals surface area (Å²) < 4.78 is 10.7. The average Bonchev–Trinajstić information content (AvgIpc) is 2.37. The summed E-state index contributed by atoms with van der Waals surface area (Å²) in [6.45, 7) is 16.7. The Kier molecular flexibility index (Phi) is 14.1. The molecule has 0 fully saturated rings. The summed E-state index contributed by atoms with van der Waals surface area (Å²) in [6.07, 6.45) is 1.68. The first-order valence-electron chi connectivity index (χ1n) is 8.32. The lowest BCUT2D eigenvalue weighted by Crippen LogP contribution is -2.48. The van der Waals surface area contributed by atoms with Gasteiger partial charge in [0.25, 0.3) is 0 Å². The second-order valence-electron chi connectivity index (χ2n) is 7.27. The number of nitrogens with two attached hydrogens (primary N) is 1. The molecule has 1 atom stereocenters. The van der Waals surface area contributed by atoms with Gasteiger partial charge in [-0.2, -0.15) is 12.6 Å². The zero-order chi connectivity index (χ0) is 18.5. The first-order chi connectivity index (χ1) is 10.5. The van der Waals surface area contributed by atoms with Gasteiger partial charge in [-0.3, -0.25) is 4.79 Å². The van der Waals surface area contributed by atoms with Gasteiger partial charge >= 0.3 is 0 Å². The molecule has 0 bridgehead atoms. The third kappa shape index (κ3) is 16.3. The highest BCUT2D eigenvalue weighted by Gasteiger charge is 2.28. The van der Waals surface area contributed by atoms with Crippen LogP contribution in [0.15, 0.2) is 0 Å². The van der Waals surface area contributed by atoms with Gasteiger partial charge in [-0.05, 0) is 40.0 Å². The number of amides is 1. The van der Waals surface area contributed by atoms with Crippen molar-refractivity contribution in [2.24, 2.45) is 11.7 Å². The van der Waals surface area contributed by atoms with Crippen LogP contribution in [0.1, 0.15) is 54.9 Å². The summed E-state index contributed by atoms with van der Waals surface area (Å²) in [6, 6.07) is -0.0344. The maximum atomic E-state index is 10.3. The van der Waals surface area contributed by atoms with Gasteiger partial charge < -0.3 is 20.5 Å². The number of ether oxygens (including phenoxy) is 2. The van der Waals surface area contributed by atoms with Gasteiger partial charge in [-0.25, -0.2) is 0 Å². The van der Waals surface area contributed by atoms with Crippen molar-refractivity contribution < 1.29 is 14.3 Å². The van der Waals surface area contributed by atoms with Crippen LogP contribution in [-0.4, -0.2) is 49.2 Å². The molecule has 0 aromatic carbocycles. The second-order valence-corrected chi connectivity index (χ2v) is 8.39. The number of thiol groups is 1. The van der Waals surface area contributed by atoms with E-state index in [-0.39, 0.29) is 16.3 Å². The molecule has 0 aliphatic rings. The molecule has 3 N–H and O–H groups in total. The van der Waals surface area contributed by atoms with Crippen LogP contribution in [0.3, 0.4) is 0 Å². The Balaban J connectivity index is 0. The number of nitrogens with one attached hydrogen (secondary N) is 1. The number of carbonyl (C=O) groups excluding carboxylic acids is 1. The zero-order valence-corrected chi connectivity index (χ0v) is 16.9. The Morgan fingerprint density at radius 2 is 1.61 bits per heavy atom. The van der Waals surface area contributed by atoms with Crippen LogP contribution < -0.4 is 11.1 Å². The standard InChI is InChI=1S/C11H23NO3.C6H15NS/c1-4-5-14-7-11(12-9-13)8-15-6-10(2)3;1-5(2,7)6(3,4)8/h9-11H,4-8H2,1-3H3,(H,12,13);8H,7H2,1-4H3. The van der Waals surface area contributed by atoms with Crippen molar-refractivity contribution in [1.82, 2.24) is 5.32 Å². The molecule has 0 aliphatic carbocycles. The van der Waals surface area contributed by atoms with E-state index in [1.165, 1.54) is 0 Å². The largest absolute Gasteiger partial charge is 0.379 e. The third-order valence-corrected chi connectivity index (χ3v) is 3.89. The first-order valence-corrected chi connectivity index (χ1v) is 8.76. The molecule has 1 unspecified atom stereocenters. The molecule has 5 nitrogen and oxygen atoms in total. The first kappa shape index (κ1) is 24.9. The van der Waals surface area contributed by atoms with Crippen LogP contribution in [0, 0.1) is 5.92 Å². The SMILES string of the molecule is CC(C)(N)C(C)(C)S.CCCOCC(COCC(C)C)NC=O. The Labute approximate surface area is 148 Å². The van der Waals surface area contributed by atoms with Crippen molar-refractivity contribution in [3.63, 3.8) is 0 Å². The molecule has 0 spiro atoms. The van der Waals surface area contributed by atoms with E-state index in [9.17, 15) is 4.79 Å². The quantitative estimate of drug-likeness (QED) is 0.304. The Morgan fingerprint density at radius 1 is 1.13 bits per heavy atom. The summed E-state index contributed by atoms with van der Waals surface area (Å²) in [5, 5.41) is 2.68.